The molecule has 0 spiro atoms. The third-order valence-electron chi connectivity index (χ3n) is 1.82. The smallest absolute Gasteiger partial charge is 0.312 e. The van der Waals surface area contributed by atoms with Gasteiger partial charge in [0, 0.05) is 12.1 Å². The quantitative estimate of drug-likeness (QED) is 0.563. The van der Waals surface area contributed by atoms with Crippen LogP contribution in [0.1, 0.15) is 5.56 Å². The lowest BCUT2D eigenvalue weighted by Gasteiger charge is -2.03. The van der Waals surface area contributed by atoms with Crippen LogP contribution < -0.4 is 4.74 Å². The molecular weight excluding hydrogens is 218 g/mol. The molecule has 0 unspecified atom stereocenters. The molecule has 16 heavy (non-hydrogen) atoms. The van der Waals surface area contributed by atoms with Crippen molar-refractivity contribution in [2.45, 2.75) is 0 Å². The topological polar surface area (TPSA) is 119 Å². The fourth-order valence-corrected chi connectivity index (χ4v) is 1.17. The minimum atomic E-state index is -0.801. The van der Waals surface area contributed by atoms with Gasteiger partial charge in [-0.3, -0.25) is 20.2 Å². The Hall–Kier alpha value is -2.69. The Morgan fingerprint density at radius 1 is 1.25 bits per heavy atom. The Bertz CT molecular complexity index is 505. The van der Waals surface area contributed by atoms with Gasteiger partial charge in [0.15, 0.2) is 5.56 Å². The average molecular weight is 223 g/mol. The summed E-state index contributed by atoms with van der Waals surface area (Å²) in [6, 6.07) is 3.35. The van der Waals surface area contributed by atoms with Crippen molar-refractivity contribution in [2.75, 3.05) is 7.11 Å². The Labute approximate surface area is 89.0 Å². The number of methoxy groups -OCH3 is 1. The van der Waals surface area contributed by atoms with E-state index in [0.29, 0.717) is 0 Å². The number of benzene rings is 1. The van der Waals surface area contributed by atoms with E-state index in [1.165, 1.54) is 6.07 Å². The number of ether oxygens (including phenoxy) is 1. The number of nitriles is 1. The van der Waals surface area contributed by atoms with Gasteiger partial charge in [-0.2, -0.15) is 5.26 Å². The van der Waals surface area contributed by atoms with Crippen molar-refractivity contribution in [1.29, 1.82) is 5.26 Å². The fourth-order valence-electron chi connectivity index (χ4n) is 1.17. The molecule has 0 amide bonds. The molecule has 1 aromatic rings. The van der Waals surface area contributed by atoms with E-state index in [2.05, 4.69) is 4.74 Å². The van der Waals surface area contributed by atoms with E-state index < -0.39 is 32.5 Å². The number of hydrogen-bond acceptors (Lipinski definition) is 6. The van der Waals surface area contributed by atoms with Crippen LogP contribution in [0.5, 0.6) is 5.75 Å². The highest BCUT2D eigenvalue weighted by molar-refractivity contribution is 5.65. The third-order valence-corrected chi connectivity index (χ3v) is 1.82. The lowest BCUT2D eigenvalue weighted by Crippen LogP contribution is -2.00. The van der Waals surface area contributed by atoms with Gasteiger partial charge in [-0.15, -0.1) is 0 Å². The number of nitro benzene ring substituents is 2. The van der Waals surface area contributed by atoms with E-state index in [9.17, 15) is 20.2 Å². The summed E-state index contributed by atoms with van der Waals surface area (Å²) in [6.45, 7) is 0. The zero-order chi connectivity index (χ0) is 12.3. The summed E-state index contributed by atoms with van der Waals surface area (Å²) in [4.78, 5) is 19.6. The van der Waals surface area contributed by atoms with Crippen molar-refractivity contribution >= 4 is 11.4 Å². The number of nitrogens with zero attached hydrogens (tertiary/aromatic N) is 3. The monoisotopic (exact) mass is 223 g/mol. The van der Waals surface area contributed by atoms with Crippen LogP contribution in [0.15, 0.2) is 12.1 Å². The number of nitro groups is 2. The molecule has 1 rings (SSSR count). The molecule has 0 aliphatic heterocycles. The molecule has 0 N–H and O–H groups in total. The van der Waals surface area contributed by atoms with Crippen LogP contribution in [0.2, 0.25) is 0 Å². The molecule has 8 heteroatoms. The van der Waals surface area contributed by atoms with Gasteiger partial charge in [0.2, 0.25) is 5.75 Å². The Morgan fingerprint density at radius 3 is 2.12 bits per heavy atom. The highest BCUT2D eigenvalue weighted by atomic mass is 16.6. The van der Waals surface area contributed by atoms with Crippen molar-refractivity contribution in [1.82, 2.24) is 0 Å². The van der Waals surface area contributed by atoms with Crippen LogP contribution >= 0.6 is 0 Å². The molecule has 0 atom stereocenters. The first-order chi connectivity index (χ1) is 7.52. The van der Waals surface area contributed by atoms with Gasteiger partial charge in [-0.25, -0.2) is 0 Å². The molecule has 0 radical (unpaired) electrons. The van der Waals surface area contributed by atoms with Crippen LogP contribution in [0.25, 0.3) is 0 Å². The van der Waals surface area contributed by atoms with Crippen LogP contribution in [0.3, 0.4) is 0 Å². The lowest BCUT2D eigenvalue weighted by molar-refractivity contribution is -0.390. The second kappa shape index (κ2) is 4.22. The van der Waals surface area contributed by atoms with Crippen molar-refractivity contribution in [3.05, 3.63) is 37.9 Å². The van der Waals surface area contributed by atoms with Crippen LogP contribution in [0, 0.1) is 31.6 Å². The molecule has 82 valence electrons. The van der Waals surface area contributed by atoms with Gasteiger partial charge in [-0.05, 0) is 0 Å². The second-order valence-electron chi connectivity index (χ2n) is 2.64. The molecule has 0 saturated carbocycles. The first kappa shape index (κ1) is 11.4. The highest BCUT2D eigenvalue weighted by Gasteiger charge is 2.27. The van der Waals surface area contributed by atoms with Crippen molar-refractivity contribution < 1.29 is 14.6 Å². The van der Waals surface area contributed by atoms with Crippen LogP contribution in [-0.4, -0.2) is 17.0 Å². The van der Waals surface area contributed by atoms with Gasteiger partial charge in [0.1, 0.15) is 6.07 Å². The van der Waals surface area contributed by atoms with Crippen LogP contribution in [0.4, 0.5) is 11.4 Å². The molecule has 0 aliphatic rings. The summed E-state index contributed by atoms with van der Waals surface area (Å²) in [5.41, 5.74) is -1.46. The fraction of sp³-hybridized carbons (Fsp3) is 0.125. The largest absolute Gasteiger partial charge is 0.489 e. The molecule has 0 fully saturated rings. The molecule has 1 aromatic carbocycles. The SMILES string of the molecule is COc1c([N+](=O)[O-])ccc([N+](=O)[O-])c1C#N. The molecular formula is C8H5N3O5. The number of hydrogen-bond donors (Lipinski definition) is 0. The molecule has 0 saturated heterocycles. The standard InChI is InChI=1S/C8H5N3O5/c1-16-8-5(4-9)6(10(12)13)2-3-7(8)11(14)15/h2-3H,1H3. The summed E-state index contributed by atoms with van der Waals surface area (Å²) < 4.78 is 4.65. The highest BCUT2D eigenvalue weighted by Crippen LogP contribution is 2.35. The Kier molecular flexibility index (Phi) is 3.00. The number of rotatable bonds is 3. The van der Waals surface area contributed by atoms with Crippen molar-refractivity contribution in [3.8, 4) is 11.8 Å². The third kappa shape index (κ3) is 1.74. The van der Waals surface area contributed by atoms with Gasteiger partial charge < -0.3 is 4.74 Å². The average Bonchev–Trinajstić information content (AvgIpc) is 2.26. The minimum absolute atomic E-state index is 0.401. The van der Waals surface area contributed by atoms with Gasteiger partial charge >= 0.3 is 5.69 Å². The summed E-state index contributed by atoms with van der Waals surface area (Å²) >= 11 is 0. The molecule has 8 nitrogen and oxygen atoms in total. The first-order valence-corrected chi connectivity index (χ1v) is 3.92. The molecule has 0 heterocycles. The first-order valence-electron chi connectivity index (χ1n) is 3.92. The predicted octanol–water partition coefficient (Wildman–Crippen LogP) is 1.38. The zero-order valence-electron chi connectivity index (χ0n) is 8.04. The minimum Gasteiger partial charge on any atom is -0.489 e. The van der Waals surface area contributed by atoms with E-state index in [4.69, 9.17) is 5.26 Å². The second-order valence-corrected chi connectivity index (χ2v) is 2.64. The maximum atomic E-state index is 10.6. The summed E-state index contributed by atoms with van der Waals surface area (Å²) in [7, 11) is 1.10. The predicted molar refractivity (Wildman–Crippen MR) is 51.0 cm³/mol. The van der Waals surface area contributed by atoms with Gasteiger partial charge in [0.25, 0.3) is 5.69 Å². The lowest BCUT2D eigenvalue weighted by atomic mass is 10.1. The maximum absolute atomic E-state index is 10.6. The molecule has 0 aliphatic carbocycles. The van der Waals surface area contributed by atoms with Gasteiger partial charge in [0.05, 0.1) is 17.0 Å². The maximum Gasteiger partial charge on any atom is 0.312 e. The van der Waals surface area contributed by atoms with Crippen molar-refractivity contribution in [3.63, 3.8) is 0 Å². The summed E-state index contributed by atoms with van der Waals surface area (Å²) in [5, 5.41) is 29.9. The van der Waals surface area contributed by atoms with E-state index in [1.807, 2.05) is 0 Å². The zero-order valence-corrected chi connectivity index (χ0v) is 8.04. The van der Waals surface area contributed by atoms with Gasteiger partial charge in [-0.1, -0.05) is 0 Å². The van der Waals surface area contributed by atoms with E-state index >= 15 is 0 Å². The Balaban J connectivity index is 3.60. The van der Waals surface area contributed by atoms with E-state index in [1.54, 1.807) is 0 Å². The van der Waals surface area contributed by atoms with E-state index in [-0.39, 0.29) is 0 Å². The molecule has 0 aromatic heterocycles. The normalized spacial score (nSPS) is 9.25. The summed E-state index contributed by atoms with van der Waals surface area (Å²) in [5.74, 6) is -0.401. The van der Waals surface area contributed by atoms with E-state index in [0.717, 1.165) is 19.2 Å². The molecule has 0 bridgehead atoms. The van der Waals surface area contributed by atoms with Crippen LogP contribution in [-0.2, 0) is 0 Å². The van der Waals surface area contributed by atoms with Crippen molar-refractivity contribution in [2.24, 2.45) is 0 Å². The Morgan fingerprint density at radius 2 is 1.75 bits per heavy atom. The summed E-state index contributed by atoms with van der Waals surface area (Å²) in [6.07, 6.45) is 0.